The minimum atomic E-state index is 0.445. The second kappa shape index (κ2) is 7.37. The van der Waals surface area contributed by atoms with Gasteiger partial charge in [0, 0.05) is 56.9 Å². The van der Waals surface area contributed by atoms with Crippen molar-refractivity contribution in [1.82, 2.24) is 19.9 Å². The number of ether oxygens (including phenoxy) is 1. The highest BCUT2D eigenvalue weighted by Crippen LogP contribution is 2.17. The fourth-order valence-corrected chi connectivity index (χ4v) is 2.82. The first kappa shape index (κ1) is 15.7. The second-order valence-electron chi connectivity index (χ2n) is 5.79. The summed E-state index contributed by atoms with van der Waals surface area (Å²) in [4.78, 5) is 17.6. The molecule has 0 saturated carbocycles. The van der Waals surface area contributed by atoms with Crippen LogP contribution in [0.4, 0.5) is 5.82 Å². The molecule has 6 heteroatoms. The highest BCUT2D eigenvalue weighted by molar-refractivity contribution is 5.41. The first-order valence-corrected chi connectivity index (χ1v) is 8.00. The van der Waals surface area contributed by atoms with Gasteiger partial charge in [-0.25, -0.2) is 4.98 Å². The summed E-state index contributed by atoms with van der Waals surface area (Å²) >= 11 is 0. The van der Waals surface area contributed by atoms with Crippen LogP contribution in [-0.4, -0.2) is 59.7 Å². The summed E-state index contributed by atoms with van der Waals surface area (Å²) in [6, 6.07) is 6.65. The number of nitrogens with zero attached hydrogens (tertiary/aromatic N) is 5. The maximum Gasteiger partial charge on any atom is 0.318 e. The first-order chi connectivity index (χ1) is 11.2. The Labute approximate surface area is 137 Å². The number of piperazine rings is 1. The average Bonchev–Trinajstić information content (AvgIpc) is 2.60. The molecule has 6 nitrogen and oxygen atoms in total. The van der Waals surface area contributed by atoms with Crippen LogP contribution < -0.4 is 9.64 Å². The van der Waals surface area contributed by atoms with Gasteiger partial charge < -0.3 is 9.64 Å². The molecule has 122 valence electrons. The van der Waals surface area contributed by atoms with Crippen molar-refractivity contribution in [3.63, 3.8) is 0 Å². The number of methoxy groups -OCH3 is 1. The van der Waals surface area contributed by atoms with Gasteiger partial charge >= 0.3 is 6.01 Å². The number of pyridine rings is 1. The molecule has 0 spiro atoms. The van der Waals surface area contributed by atoms with Gasteiger partial charge in [0.15, 0.2) is 0 Å². The lowest BCUT2D eigenvalue weighted by Crippen LogP contribution is -2.47. The smallest absolute Gasteiger partial charge is 0.318 e. The molecule has 0 unspecified atom stereocenters. The van der Waals surface area contributed by atoms with Crippen LogP contribution in [0.3, 0.4) is 0 Å². The van der Waals surface area contributed by atoms with Gasteiger partial charge in [-0.1, -0.05) is 0 Å². The first-order valence-electron chi connectivity index (χ1n) is 8.00. The van der Waals surface area contributed by atoms with Crippen LogP contribution in [0.2, 0.25) is 0 Å². The molecule has 1 saturated heterocycles. The number of anilines is 1. The lowest BCUT2D eigenvalue weighted by atomic mass is 10.2. The van der Waals surface area contributed by atoms with Gasteiger partial charge in [0.25, 0.3) is 0 Å². The van der Waals surface area contributed by atoms with E-state index >= 15 is 0 Å². The van der Waals surface area contributed by atoms with Crippen molar-refractivity contribution < 1.29 is 4.74 Å². The van der Waals surface area contributed by atoms with Crippen LogP contribution in [0, 0.1) is 6.92 Å². The van der Waals surface area contributed by atoms with Gasteiger partial charge in [-0.2, -0.15) is 4.98 Å². The van der Waals surface area contributed by atoms with Crippen molar-refractivity contribution in [3.8, 4) is 6.01 Å². The molecule has 23 heavy (non-hydrogen) atoms. The monoisotopic (exact) mass is 313 g/mol. The number of aromatic nitrogens is 3. The van der Waals surface area contributed by atoms with E-state index < -0.39 is 0 Å². The summed E-state index contributed by atoms with van der Waals surface area (Å²) in [7, 11) is 1.61. The summed E-state index contributed by atoms with van der Waals surface area (Å²) in [5.41, 5.74) is 2.28. The van der Waals surface area contributed by atoms with Crippen molar-refractivity contribution in [3.05, 3.63) is 41.9 Å². The van der Waals surface area contributed by atoms with E-state index in [9.17, 15) is 0 Å². The molecule has 0 radical (unpaired) electrons. The van der Waals surface area contributed by atoms with Crippen LogP contribution in [0.1, 0.15) is 11.3 Å². The predicted octanol–water partition coefficient (Wildman–Crippen LogP) is 1.55. The molecular weight excluding hydrogens is 290 g/mol. The molecule has 0 atom stereocenters. The van der Waals surface area contributed by atoms with E-state index in [-0.39, 0.29) is 0 Å². The summed E-state index contributed by atoms with van der Waals surface area (Å²) in [6.45, 7) is 7.13. The Kier molecular flexibility index (Phi) is 5.02. The molecule has 1 aliphatic heterocycles. The highest BCUT2D eigenvalue weighted by Gasteiger charge is 2.18. The average molecular weight is 313 g/mol. The number of hydrogen-bond donors (Lipinski definition) is 0. The summed E-state index contributed by atoms with van der Waals surface area (Å²) in [5.74, 6) is 0.961. The van der Waals surface area contributed by atoms with Gasteiger partial charge in [-0.15, -0.1) is 0 Å². The standard InChI is InChI=1S/C17H23N5O/c1-14-13-16(20-17(19-14)23-2)22-11-9-21(10-12-22)8-5-15-3-6-18-7-4-15/h3-4,6-7,13H,5,8-12H2,1-2H3. The van der Waals surface area contributed by atoms with Crippen molar-refractivity contribution >= 4 is 5.82 Å². The Hall–Kier alpha value is -2.21. The minimum Gasteiger partial charge on any atom is -0.467 e. The molecule has 1 fully saturated rings. The van der Waals surface area contributed by atoms with E-state index in [1.807, 2.05) is 25.4 Å². The molecule has 0 aromatic carbocycles. The summed E-state index contributed by atoms with van der Waals surface area (Å²) in [5, 5.41) is 0. The van der Waals surface area contributed by atoms with E-state index in [0.29, 0.717) is 6.01 Å². The predicted molar refractivity (Wildman–Crippen MR) is 89.9 cm³/mol. The SMILES string of the molecule is COc1nc(C)cc(N2CCN(CCc3ccncc3)CC2)n1. The maximum absolute atomic E-state index is 5.17. The zero-order chi connectivity index (χ0) is 16.1. The quantitative estimate of drug-likeness (QED) is 0.835. The fourth-order valence-electron chi connectivity index (χ4n) is 2.82. The molecule has 0 amide bonds. The number of rotatable bonds is 5. The second-order valence-corrected chi connectivity index (χ2v) is 5.79. The van der Waals surface area contributed by atoms with Crippen LogP contribution in [-0.2, 0) is 6.42 Å². The molecule has 0 bridgehead atoms. The Morgan fingerprint density at radius 2 is 1.83 bits per heavy atom. The van der Waals surface area contributed by atoms with Gasteiger partial charge in [0.1, 0.15) is 5.82 Å². The van der Waals surface area contributed by atoms with Gasteiger partial charge in [-0.05, 0) is 31.0 Å². The lowest BCUT2D eigenvalue weighted by Gasteiger charge is -2.35. The van der Waals surface area contributed by atoms with E-state index in [1.165, 1.54) is 5.56 Å². The molecule has 3 rings (SSSR count). The molecule has 2 aromatic heterocycles. The van der Waals surface area contributed by atoms with Crippen molar-refractivity contribution in [2.45, 2.75) is 13.3 Å². The largest absolute Gasteiger partial charge is 0.467 e. The van der Waals surface area contributed by atoms with E-state index in [1.54, 1.807) is 7.11 Å². The molecule has 0 aliphatic carbocycles. The van der Waals surface area contributed by atoms with Crippen LogP contribution in [0.25, 0.3) is 0 Å². The van der Waals surface area contributed by atoms with E-state index in [4.69, 9.17) is 4.74 Å². The Bertz CT molecular complexity index is 626. The topological polar surface area (TPSA) is 54.4 Å². The molecule has 3 heterocycles. The van der Waals surface area contributed by atoms with E-state index in [2.05, 4.69) is 36.9 Å². The molecular formula is C17H23N5O. The van der Waals surface area contributed by atoms with Crippen molar-refractivity contribution in [1.29, 1.82) is 0 Å². The van der Waals surface area contributed by atoms with Crippen molar-refractivity contribution in [2.75, 3.05) is 44.7 Å². The summed E-state index contributed by atoms with van der Waals surface area (Å²) < 4.78 is 5.17. The van der Waals surface area contributed by atoms with Gasteiger partial charge in [0.05, 0.1) is 7.11 Å². The third-order valence-corrected chi connectivity index (χ3v) is 4.17. The Morgan fingerprint density at radius 3 is 2.52 bits per heavy atom. The zero-order valence-corrected chi connectivity index (χ0v) is 13.8. The lowest BCUT2D eigenvalue weighted by molar-refractivity contribution is 0.260. The molecule has 2 aromatic rings. The van der Waals surface area contributed by atoms with Crippen LogP contribution >= 0.6 is 0 Å². The molecule has 1 aliphatic rings. The minimum absolute atomic E-state index is 0.445. The van der Waals surface area contributed by atoms with Gasteiger partial charge in [-0.3, -0.25) is 9.88 Å². The van der Waals surface area contributed by atoms with Crippen LogP contribution in [0.5, 0.6) is 6.01 Å². The third-order valence-electron chi connectivity index (χ3n) is 4.17. The fraction of sp³-hybridized carbons (Fsp3) is 0.471. The number of hydrogen-bond acceptors (Lipinski definition) is 6. The Morgan fingerprint density at radius 1 is 1.09 bits per heavy atom. The highest BCUT2D eigenvalue weighted by atomic mass is 16.5. The number of aryl methyl sites for hydroxylation is 1. The zero-order valence-electron chi connectivity index (χ0n) is 13.8. The third kappa shape index (κ3) is 4.16. The van der Waals surface area contributed by atoms with Crippen molar-refractivity contribution in [2.24, 2.45) is 0 Å². The summed E-state index contributed by atoms with van der Waals surface area (Å²) in [6.07, 6.45) is 4.79. The van der Waals surface area contributed by atoms with Crippen LogP contribution in [0.15, 0.2) is 30.6 Å². The molecule has 0 N–H and O–H groups in total. The van der Waals surface area contributed by atoms with E-state index in [0.717, 1.165) is 50.7 Å². The maximum atomic E-state index is 5.17. The van der Waals surface area contributed by atoms with Gasteiger partial charge in [0.2, 0.25) is 0 Å². The Balaban J connectivity index is 1.53. The normalized spacial score (nSPS) is 15.7.